The Balaban J connectivity index is 1.90. The average Bonchev–Trinajstić information content (AvgIpc) is 3.21. The summed E-state index contributed by atoms with van der Waals surface area (Å²) in [5.74, 6) is 0.569. The van der Waals surface area contributed by atoms with Gasteiger partial charge in [-0.1, -0.05) is 12.1 Å². The van der Waals surface area contributed by atoms with Crippen molar-refractivity contribution in [3.8, 4) is 0 Å². The molecule has 0 amide bonds. The first-order chi connectivity index (χ1) is 8.77. The van der Waals surface area contributed by atoms with Crippen molar-refractivity contribution in [2.75, 3.05) is 26.2 Å². The van der Waals surface area contributed by atoms with Gasteiger partial charge in [0.1, 0.15) is 5.82 Å². The minimum absolute atomic E-state index is 0.0760. The zero-order valence-electron chi connectivity index (χ0n) is 10.3. The van der Waals surface area contributed by atoms with Crippen LogP contribution in [0.1, 0.15) is 24.4 Å². The van der Waals surface area contributed by atoms with Gasteiger partial charge in [0.15, 0.2) is 0 Å². The smallest absolute Gasteiger partial charge is 0.142 e. The van der Waals surface area contributed by atoms with Crippen LogP contribution >= 0.6 is 15.9 Å². The second kappa shape index (κ2) is 5.27. The summed E-state index contributed by atoms with van der Waals surface area (Å²) in [7, 11) is 0. The number of hydrogen-bond donors (Lipinski definition) is 1. The van der Waals surface area contributed by atoms with Crippen LogP contribution in [-0.2, 0) is 0 Å². The minimum atomic E-state index is -0.0760. The summed E-state index contributed by atoms with van der Waals surface area (Å²) in [4.78, 5) is 2.44. The number of hydrogen-bond acceptors (Lipinski definition) is 2. The highest BCUT2D eigenvalue weighted by molar-refractivity contribution is 9.10. The van der Waals surface area contributed by atoms with Gasteiger partial charge < -0.3 is 5.32 Å². The Hall–Kier alpha value is -0.450. The standard InChI is InChI=1S/C14H18BrFN2/c15-12-3-1-2-11(13(12)16)14(10-4-5-10)18-8-6-17-7-9-18/h1-3,10,14,17H,4-9H2/t14-/m1/s1. The van der Waals surface area contributed by atoms with Crippen molar-refractivity contribution < 1.29 is 4.39 Å². The lowest BCUT2D eigenvalue weighted by Crippen LogP contribution is -2.45. The molecule has 0 bridgehead atoms. The number of nitrogens with one attached hydrogen (secondary N) is 1. The Bertz CT molecular complexity index is 428. The fourth-order valence-corrected chi connectivity index (χ4v) is 3.25. The number of nitrogens with zero attached hydrogens (tertiary/aromatic N) is 1. The van der Waals surface area contributed by atoms with Crippen LogP contribution in [0, 0.1) is 11.7 Å². The fraction of sp³-hybridized carbons (Fsp3) is 0.571. The number of benzene rings is 1. The molecule has 0 radical (unpaired) electrons. The molecule has 0 aromatic heterocycles. The van der Waals surface area contributed by atoms with Crippen molar-refractivity contribution >= 4 is 15.9 Å². The molecule has 4 heteroatoms. The van der Waals surface area contributed by atoms with Crippen molar-refractivity contribution in [1.82, 2.24) is 10.2 Å². The molecule has 1 aromatic rings. The predicted molar refractivity (Wildman–Crippen MR) is 74.0 cm³/mol. The topological polar surface area (TPSA) is 15.3 Å². The quantitative estimate of drug-likeness (QED) is 0.923. The lowest BCUT2D eigenvalue weighted by molar-refractivity contribution is 0.153. The van der Waals surface area contributed by atoms with E-state index in [1.54, 1.807) is 6.07 Å². The molecule has 3 rings (SSSR count). The van der Waals surface area contributed by atoms with E-state index in [0.717, 1.165) is 31.7 Å². The fourth-order valence-electron chi connectivity index (χ4n) is 2.87. The highest BCUT2D eigenvalue weighted by Crippen LogP contribution is 2.45. The Morgan fingerprint density at radius 2 is 2.00 bits per heavy atom. The largest absolute Gasteiger partial charge is 0.314 e. The van der Waals surface area contributed by atoms with Gasteiger partial charge in [-0.3, -0.25) is 4.90 Å². The molecule has 1 saturated carbocycles. The Morgan fingerprint density at radius 3 is 2.67 bits per heavy atom. The van der Waals surface area contributed by atoms with Crippen LogP contribution in [0.5, 0.6) is 0 Å². The van der Waals surface area contributed by atoms with E-state index in [-0.39, 0.29) is 11.9 Å². The van der Waals surface area contributed by atoms with Crippen LogP contribution in [0.25, 0.3) is 0 Å². The van der Waals surface area contributed by atoms with Gasteiger partial charge in [-0.25, -0.2) is 4.39 Å². The second-order valence-corrected chi connectivity index (χ2v) is 6.07. The Morgan fingerprint density at radius 1 is 1.28 bits per heavy atom. The maximum Gasteiger partial charge on any atom is 0.142 e. The molecule has 2 fully saturated rings. The van der Waals surface area contributed by atoms with Gasteiger partial charge in [0.25, 0.3) is 0 Å². The van der Waals surface area contributed by atoms with Gasteiger partial charge >= 0.3 is 0 Å². The molecule has 98 valence electrons. The summed E-state index contributed by atoms with van der Waals surface area (Å²) in [6, 6.07) is 5.94. The minimum Gasteiger partial charge on any atom is -0.314 e. The molecule has 1 atom stereocenters. The van der Waals surface area contributed by atoms with Crippen LogP contribution in [0.4, 0.5) is 4.39 Å². The molecular weight excluding hydrogens is 295 g/mol. The number of halogens is 2. The van der Waals surface area contributed by atoms with Gasteiger partial charge in [-0.2, -0.15) is 0 Å². The highest BCUT2D eigenvalue weighted by atomic mass is 79.9. The average molecular weight is 313 g/mol. The van der Waals surface area contributed by atoms with Crippen LogP contribution in [0.2, 0.25) is 0 Å². The van der Waals surface area contributed by atoms with Crippen molar-refractivity contribution in [3.63, 3.8) is 0 Å². The van der Waals surface area contributed by atoms with E-state index in [2.05, 4.69) is 26.1 Å². The predicted octanol–water partition coefficient (Wildman–Crippen LogP) is 2.94. The highest BCUT2D eigenvalue weighted by Gasteiger charge is 2.38. The van der Waals surface area contributed by atoms with Gasteiger partial charge in [0.2, 0.25) is 0 Å². The lowest BCUT2D eigenvalue weighted by Gasteiger charge is -2.35. The first-order valence-corrected chi connectivity index (χ1v) is 7.45. The van der Waals surface area contributed by atoms with Gasteiger partial charge in [-0.05, 0) is 40.8 Å². The molecule has 0 spiro atoms. The molecule has 1 aliphatic carbocycles. The van der Waals surface area contributed by atoms with Crippen molar-refractivity contribution in [3.05, 3.63) is 34.1 Å². The third kappa shape index (κ3) is 2.46. The van der Waals surface area contributed by atoms with E-state index in [1.165, 1.54) is 12.8 Å². The molecule has 1 N–H and O–H groups in total. The van der Waals surface area contributed by atoms with Crippen molar-refractivity contribution in [1.29, 1.82) is 0 Å². The first kappa shape index (κ1) is 12.6. The van der Waals surface area contributed by atoms with E-state index in [0.29, 0.717) is 10.4 Å². The molecule has 2 aliphatic rings. The second-order valence-electron chi connectivity index (χ2n) is 5.21. The molecule has 1 aromatic carbocycles. The van der Waals surface area contributed by atoms with Crippen LogP contribution in [0.3, 0.4) is 0 Å². The lowest BCUT2D eigenvalue weighted by atomic mass is 9.99. The molecule has 18 heavy (non-hydrogen) atoms. The van der Waals surface area contributed by atoms with E-state index in [1.807, 2.05) is 12.1 Å². The third-order valence-corrected chi connectivity index (χ3v) is 4.53. The Kier molecular flexibility index (Phi) is 3.68. The van der Waals surface area contributed by atoms with Gasteiger partial charge in [0.05, 0.1) is 4.47 Å². The van der Waals surface area contributed by atoms with Crippen LogP contribution < -0.4 is 5.32 Å². The first-order valence-electron chi connectivity index (χ1n) is 6.66. The normalized spacial score (nSPS) is 23.0. The maximum atomic E-state index is 14.3. The van der Waals surface area contributed by atoms with Crippen LogP contribution in [-0.4, -0.2) is 31.1 Å². The summed E-state index contributed by atoms with van der Waals surface area (Å²) < 4.78 is 14.9. The van der Waals surface area contributed by atoms with E-state index < -0.39 is 0 Å². The molecular formula is C14H18BrFN2. The number of rotatable bonds is 3. The molecule has 0 unspecified atom stereocenters. The van der Waals surface area contributed by atoms with E-state index >= 15 is 0 Å². The molecule has 1 heterocycles. The van der Waals surface area contributed by atoms with Crippen LogP contribution in [0.15, 0.2) is 22.7 Å². The molecule has 2 nitrogen and oxygen atoms in total. The van der Waals surface area contributed by atoms with Crippen molar-refractivity contribution in [2.45, 2.75) is 18.9 Å². The number of piperazine rings is 1. The monoisotopic (exact) mass is 312 g/mol. The maximum absolute atomic E-state index is 14.3. The van der Waals surface area contributed by atoms with E-state index in [4.69, 9.17) is 0 Å². The summed E-state index contributed by atoms with van der Waals surface area (Å²) in [5, 5.41) is 3.36. The van der Waals surface area contributed by atoms with E-state index in [9.17, 15) is 4.39 Å². The summed E-state index contributed by atoms with van der Waals surface area (Å²) in [6.07, 6.45) is 2.47. The zero-order valence-corrected chi connectivity index (χ0v) is 11.9. The van der Waals surface area contributed by atoms with Gasteiger partial charge in [0, 0.05) is 37.8 Å². The molecule has 1 aliphatic heterocycles. The summed E-state index contributed by atoms with van der Waals surface area (Å²) in [6.45, 7) is 4.07. The zero-order chi connectivity index (χ0) is 12.5. The molecule has 1 saturated heterocycles. The third-order valence-electron chi connectivity index (χ3n) is 3.91. The van der Waals surface area contributed by atoms with Crippen molar-refractivity contribution in [2.24, 2.45) is 5.92 Å². The Labute approximate surface area is 116 Å². The summed E-state index contributed by atoms with van der Waals surface area (Å²) >= 11 is 3.30. The summed E-state index contributed by atoms with van der Waals surface area (Å²) in [5.41, 5.74) is 0.869. The van der Waals surface area contributed by atoms with Gasteiger partial charge in [-0.15, -0.1) is 0 Å². The SMILES string of the molecule is Fc1c(Br)cccc1[C@@H](C1CC1)N1CCNCC1.